The van der Waals surface area contributed by atoms with E-state index in [4.69, 9.17) is 11.6 Å². The van der Waals surface area contributed by atoms with Crippen molar-refractivity contribution in [1.82, 2.24) is 0 Å². The van der Waals surface area contributed by atoms with Crippen LogP contribution in [-0.2, 0) is 6.18 Å². The van der Waals surface area contributed by atoms with Gasteiger partial charge in [-0.2, -0.15) is 13.2 Å². The maximum absolute atomic E-state index is 12.3. The number of hydrogen-bond acceptors (Lipinski definition) is 0. The molecule has 0 bridgehead atoms. The molecule has 0 aliphatic heterocycles. The molecule has 0 saturated carbocycles. The fourth-order valence-corrected chi connectivity index (χ4v) is 1.40. The minimum absolute atomic E-state index is 0.601. The SMILES string of the molecule is FC(F)(F)c1ccc(C#CCCCCCl)cc1. The summed E-state index contributed by atoms with van der Waals surface area (Å²) in [7, 11) is 0. The number of alkyl halides is 4. The van der Waals surface area contributed by atoms with E-state index in [2.05, 4.69) is 11.8 Å². The van der Waals surface area contributed by atoms with Gasteiger partial charge in [0.15, 0.2) is 0 Å². The fourth-order valence-electron chi connectivity index (χ4n) is 1.21. The molecule has 0 aliphatic rings. The summed E-state index contributed by atoms with van der Waals surface area (Å²) < 4.78 is 36.8. The van der Waals surface area contributed by atoms with Crippen molar-refractivity contribution < 1.29 is 13.2 Å². The predicted octanol–water partition coefficient (Wildman–Crippen LogP) is 4.47. The van der Waals surface area contributed by atoms with Gasteiger partial charge in [0.2, 0.25) is 0 Å². The van der Waals surface area contributed by atoms with Crippen LogP contribution >= 0.6 is 11.6 Å². The Hall–Kier alpha value is -1.14. The second-order valence-electron chi connectivity index (χ2n) is 3.52. The lowest BCUT2D eigenvalue weighted by Crippen LogP contribution is -2.04. The van der Waals surface area contributed by atoms with E-state index in [1.165, 1.54) is 12.1 Å². The van der Waals surface area contributed by atoms with Gasteiger partial charge in [-0.3, -0.25) is 0 Å². The molecule has 1 rings (SSSR count). The molecule has 0 N–H and O–H groups in total. The first-order valence-corrected chi connectivity index (χ1v) is 5.79. The third kappa shape index (κ3) is 5.14. The Kier molecular flexibility index (Phi) is 5.37. The summed E-state index contributed by atoms with van der Waals surface area (Å²) >= 11 is 5.50. The standard InChI is InChI=1S/C13H12ClF3/c14-10-4-2-1-3-5-11-6-8-12(9-7-11)13(15,16)17/h6-9H,1-2,4,10H2. The van der Waals surface area contributed by atoms with E-state index in [1.54, 1.807) is 0 Å². The minimum atomic E-state index is -4.29. The molecule has 0 aromatic heterocycles. The molecule has 4 heteroatoms. The maximum atomic E-state index is 12.3. The molecule has 0 fully saturated rings. The van der Waals surface area contributed by atoms with Gasteiger partial charge in [0.1, 0.15) is 0 Å². The molecule has 1 aromatic carbocycles. The van der Waals surface area contributed by atoms with Crippen LogP contribution in [0, 0.1) is 11.8 Å². The lowest BCUT2D eigenvalue weighted by molar-refractivity contribution is -0.137. The lowest BCUT2D eigenvalue weighted by Gasteiger charge is -2.05. The molecule has 0 atom stereocenters. The monoisotopic (exact) mass is 260 g/mol. The van der Waals surface area contributed by atoms with Crippen molar-refractivity contribution in [3.05, 3.63) is 35.4 Å². The summed E-state index contributed by atoms with van der Waals surface area (Å²) in [6.45, 7) is 0. The van der Waals surface area contributed by atoms with E-state index in [9.17, 15) is 13.2 Å². The van der Waals surface area contributed by atoms with E-state index < -0.39 is 11.7 Å². The second-order valence-corrected chi connectivity index (χ2v) is 3.90. The topological polar surface area (TPSA) is 0 Å². The number of benzene rings is 1. The summed E-state index contributed by atoms with van der Waals surface area (Å²) in [4.78, 5) is 0. The Morgan fingerprint density at radius 3 is 2.24 bits per heavy atom. The molecule has 17 heavy (non-hydrogen) atoms. The molecule has 0 amide bonds. The van der Waals surface area contributed by atoms with E-state index in [0.29, 0.717) is 17.9 Å². The highest BCUT2D eigenvalue weighted by Crippen LogP contribution is 2.28. The molecule has 0 heterocycles. The molecular weight excluding hydrogens is 249 g/mol. The number of hydrogen-bond donors (Lipinski definition) is 0. The van der Waals surface area contributed by atoms with Crippen molar-refractivity contribution in [2.75, 3.05) is 5.88 Å². The van der Waals surface area contributed by atoms with Crippen molar-refractivity contribution in [3.63, 3.8) is 0 Å². The average molecular weight is 261 g/mol. The van der Waals surface area contributed by atoms with Crippen LogP contribution in [0.1, 0.15) is 30.4 Å². The first-order chi connectivity index (χ1) is 8.04. The van der Waals surface area contributed by atoms with E-state index >= 15 is 0 Å². The minimum Gasteiger partial charge on any atom is -0.166 e. The van der Waals surface area contributed by atoms with Gasteiger partial charge < -0.3 is 0 Å². The normalized spacial score (nSPS) is 10.8. The summed E-state index contributed by atoms with van der Waals surface area (Å²) in [6.07, 6.45) is -1.75. The Labute approximate surface area is 104 Å². The van der Waals surface area contributed by atoms with Gasteiger partial charge in [-0.25, -0.2) is 0 Å². The zero-order valence-electron chi connectivity index (χ0n) is 9.15. The predicted molar refractivity (Wildman–Crippen MR) is 62.9 cm³/mol. The van der Waals surface area contributed by atoms with Gasteiger partial charge in [0.05, 0.1) is 5.56 Å². The van der Waals surface area contributed by atoms with Gasteiger partial charge in [0, 0.05) is 17.9 Å². The van der Waals surface area contributed by atoms with Crippen LogP contribution in [-0.4, -0.2) is 5.88 Å². The summed E-state index contributed by atoms with van der Waals surface area (Å²) in [6, 6.07) is 4.86. The molecule has 0 spiro atoms. The zero-order chi connectivity index (χ0) is 12.7. The quantitative estimate of drug-likeness (QED) is 0.427. The van der Waals surface area contributed by atoms with E-state index in [1.807, 2.05) is 0 Å². The zero-order valence-corrected chi connectivity index (χ0v) is 9.91. The average Bonchev–Trinajstić information content (AvgIpc) is 2.28. The summed E-state index contributed by atoms with van der Waals surface area (Å²) in [5.41, 5.74) is -0.0472. The highest BCUT2D eigenvalue weighted by atomic mass is 35.5. The van der Waals surface area contributed by atoms with Crippen LogP contribution in [0.3, 0.4) is 0 Å². The first kappa shape index (κ1) is 13.9. The molecule has 0 aliphatic carbocycles. The Bertz CT molecular complexity index is 395. The van der Waals surface area contributed by atoms with E-state index in [0.717, 1.165) is 25.0 Å². The largest absolute Gasteiger partial charge is 0.416 e. The number of unbranched alkanes of at least 4 members (excludes halogenated alkanes) is 2. The number of halogens is 4. The third-order valence-corrected chi connectivity index (χ3v) is 2.40. The van der Waals surface area contributed by atoms with Crippen LogP contribution < -0.4 is 0 Å². The Morgan fingerprint density at radius 1 is 1.06 bits per heavy atom. The third-order valence-electron chi connectivity index (χ3n) is 2.13. The van der Waals surface area contributed by atoms with Gasteiger partial charge in [-0.05, 0) is 37.1 Å². The fraction of sp³-hybridized carbons (Fsp3) is 0.385. The molecule has 0 radical (unpaired) electrons. The molecule has 1 aromatic rings. The van der Waals surface area contributed by atoms with Gasteiger partial charge in [-0.1, -0.05) is 11.8 Å². The Balaban J connectivity index is 2.56. The van der Waals surface area contributed by atoms with Crippen LogP contribution in [0.15, 0.2) is 24.3 Å². The molecule has 92 valence electrons. The lowest BCUT2D eigenvalue weighted by atomic mass is 10.1. The Morgan fingerprint density at radius 2 is 1.71 bits per heavy atom. The van der Waals surface area contributed by atoms with Crippen molar-refractivity contribution >= 4 is 11.6 Å². The first-order valence-electron chi connectivity index (χ1n) is 5.26. The van der Waals surface area contributed by atoms with Crippen molar-refractivity contribution in [2.24, 2.45) is 0 Å². The van der Waals surface area contributed by atoms with Crippen LogP contribution in [0.25, 0.3) is 0 Å². The number of rotatable bonds is 3. The summed E-state index contributed by atoms with van der Waals surface area (Å²) in [5.74, 6) is 6.34. The highest BCUT2D eigenvalue weighted by molar-refractivity contribution is 6.17. The van der Waals surface area contributed by atoms with Crippen molar-refractivity contribution in [2.45, 2.75) is 25.4 Å². The van der Waals surface area contributed by atoms with Gasteiger partial charge in [0.25, 0.3) is 0 Å². The van der Waals surface area contributed by atoms with Crippen LogP contribution in [0.2, 0.25) is 0 Å². The molecular formula is C13H12ClF3. The summed E-state index contributed by atoms with van der Waals surface area (Å²) in [5, 5.41) is 0. The van der Waals surface area contributed by atoms with Crippen molar-refractivity contribution in [3.8, 4) is 11.8 Å². The van der Waals surface area contributed by atoms with Gasteiger partial charge >= 0.3 is 6.18 Å². The van der Waals surface area contributed by atoms with Crippen molar-refractivity contribution in [1.29, 1.82) is 0 Å². The van der Waals surface area contributed by atoms with E-state index in [-0.39, 0.29) is 0 Å². The smallest absolute Gasteiger partial charge is 0.166 e. The van der Waals surface area contributed by atoms with Crippen LogP contribution in [0.4, 0.5) is 13.2 Å². The highest BCUT2D eigenvalue weighted by Gasteiger charge is 2.29. The molecule has 0 nitrogen and oxygen atoms in total. The van der Waals surface area contributed by atoms with Gasteiger partial charge in [-0.15, -0.1) is 11.6 Å². The maximum Gasteiger partial charge on any atom is 0.416 e. The second kappa shape index (κ2) is 6.56. The van der Waals surface area contributed by atoms with Crippen LogP contribution in [0.5, 0.6) is 0 Å². The molecule has 0 unspecified atom stereocenters. The molecule has 0 saturated heterocycles.